The molecule has 7 nitrogen and oxygen atoms in total. The van der Waals surface area contributed by atoms with Crippen LogP contribution in [0, 0.1) is 10.1 Å². The van der Waals surface area contributed by atoms with Crippen LogP contribution in [0.3, 0.4) is 0 Å². The van der Waals surface area contributed by atoms with Crippen LogP contribution < -0.4 is 5.32 Å². The van der Waals surface area contributed by atoms with Gasteiger partial charge in [0.05, 0.1) is 15.3 Å². The van der Waals surface area contributed by atoms with Crippen molar-refractivity contribution in [1.82, 2.24) is 9.55 Å². The number of nitrogens with one attached hydrogen (secondary N) is 1. The summed E-state index contributed by atoms with van der Waals surface area (Å²) in [5.74, 6) is -0.0563. The van der Waals surface area contributed by atoms with Crippen molar-refractivity contribution in [2.75, 3.05) is 5.32 Å². The highest BCUT2D eigenvalue weighted by Crippen LogP contribution is 2.40. The number of fused-ring (bicyclic) bond motifs is 1. The van der Waals surface area contributed by atoms with Gasteiger partial charge in [0.2, 0.25) is 5.91 Å². The number of nitro groups is 1. The minimum Gasteiger partial charge on any atom is -0.342 e. The Bertz CT molecular complexity index is 1250. The number of aromatic nitrogens is 2. The second-order valence-electron chi connectivity index (χ2n) is 6.94. The Morgan fingerprint density at radius 3 is 2.74 bits per heavy atom. The van der Waals surface area contributed by atoms with Crippen LogP contribution in [0.2, 0.25) is 0 Å². The van der Waals surface area contributed by atoms with Gasteiger partial charge in [-0.15, -0.1) is 0 Å². The largest absolute Gasteiger partial charge is 0.342 e. The lowest BCUT2D eigenvalue weighted by molar-refractivity contribution is -0.387. The molecule has 0 saturated carbocycles. The molecule has 1 N–H and O–H groups in total. The van der Waals surface area contributed by atoms with E-state index >= 15 is 0 Å². The zero-order valence-corrected chi connectivity index (χ0v) is 17.6. The summed E-state index contributed by atoms with van der Waals surface area (Å²) in [6.07, 6.45) is 5.92. The number of hydrogen-bond acceptors (Lipinski definition) is 5. The van der Waals surface area contributed by atoms with Gasteiger partial charge in [-0.2, -0.15) is 0 Å². The maximum atomic E-state index is 11.8. The maximum Gasteiger partial charge on any atom is 0.283 e. The molecule has 4 rings (SSSR count). The number of benzene rings is 2. The Labute approximate surface area is 183 Å². The van der Waals surface area contributed by atoms with Crippen molar-refractivity contribution in [3.8, 4) is 0 Å². The molecule has 0 spiro atoms. The molecule has 0 bridgehead atoms. The number of carbonyl (C=O) groups is 1. The summed E-state index contributed by atoms with van der Waals surface area (Å²) < 4.78 is 2.07. The van der Waals surface area contributed by atoms with E-state index in [9.17, 15) is 14.9 Å². The Kier molecular flexibility index (Phi) is 5.99. The van der Waals surface area contributed by atoms with Gasteiger partial charge in [-0.1, -0.05) is 36.9 Å². The molecule has 0 saturated heterocycles. The van der Waals surface area contributed by atoms with Gasteiger partial charge in [0, 0.05) is 53.6 Å². The van der Waals surface area contributed by atoms with E-state index in [4.69, 9.17) is 0 Å². The van der Waals surface area contributed by atoms with Crippen LogP contribution in [0.1, 0.15) is 18.9 Å². The van der Waals surface area contributed by atoms with Crippen LogP contribution in [0.25, 0.3) is 10.9 Å². The maximum absolute atomic E-state index is 11.8. The van der Waals surface area contributed by atoms with E-state index in [1.54, 1.807) is 31.3 Å². The van der Waals surface area contributed by atoms with Gasteiger partial charge in [0.25, 0.3) is 5.69 Å². The first kappa shape index (κ1) is 20.6. The van der Waals surface area contributed by atoms with E-state index in [2.05, 4.69) is 14.9 Å². The van der Waals surface area contributed by atoms with Crippen molar-refractivity contribution in [2.24, 2.45) is 0 Å². The van der Waals surface area contributed by atoms with E-state index in [0.29, 0.717) is 23.5 Å². The second-order valence-corrected chi connectivity index (χ2v) is 8.03. The predicted octanol–water partition coefficient (Wildman–Crippen LogP) is 5.49. The molecule has 2 heterocycles. The summed E-state index contributed by atoms with van der Waals surface area (Å²) in [4.78, 5) is 28.6. The number of anilines is 1. The number of pyridine rings is 1. The fraction of sp³-hybridized carbons (Fsp3) is 0.130. The predicted molar refractivity (Wildman–Crippen MR) is 121 cm³/mol. The molecular weight excluding hydrogens is 412 g/mol. The lowest BCUT2D eigenvalue weighted by atomic mass is 10.2. The van der Waals surface area contributed by atoms with Crippen LogP contribution in [-0.2, 0) is 11.3 Å². The van der Waals surface area contributed by atoms with Crippen molar-refractivity contribution in [3.05, 3.63) is 88.9 Å². The molecule has 8 heteroatoms. The number of hydrogen-bond donors (Lipinski definition) is 1. The second kappa shape index (κ2) is 9.01. The molecule has 0 aliphatic carbocycles. The first-order valence-electron chi connectivity index (χ1n) is 9.78. The third-order valence-corrected chi connectivity index (χ3v) is 5.92. The SMILES string of the molecule is CCC(=O)Nc1ccc2c(Sc3ccccc3[N+](=O)[O-])cn(Cc3cccnc3)c2c1. The smallest absolute Gasteiger partial charge is 0.283 e. The van der Waals surface area contributed by atoms with Crippen molar-refractivity contribution in [2.45, 2.75) is 29.7 Å². The number of rotatable bonds is 7. The molecule has 0 aliphatic rings. The number of para-hydroxylation sites is 1. The molecule has 0 unspecified atom stereocenters. The average Bonchev–Trinajstić information content (AvgIpc) is 3.11. The summed E-state index contributed by atoms with van der Waals surface area (Å²) in [7, 11) is 0. The molecule has 2 aromatic carbocycles. The summed E-state index contributed by atoms with van der Waals surface area (Å²) in [5.41, 5.74) is 2.75. The van der Waals surface area contributed by atoms with Gasteiger partial charge in [-0.3, -0.25) is 19.9 Å². The van der Waals surface area contributed by atoms with Crippen molar-refractivity contribution in [1.29, 1.82) is 0 Å². The van der Waals surface area contributed by atoms with Gasteiger partial charge < -0.3 is 9.88 Å². The van der Waals surface area contributed by atoms with Crippen molar-refractivity contribution >= 4 is 39.9 Å². The van der Waals surface area contributed by atoms with Gasteiger partial charge in [-0.25, -0.2) is 0 Å². The fourth-order valence-electron chi connectivity index (χ4n) is 3.30. The monoisotopic (exact) mass is 432 g/mol. The molecule has 0 aliphatic heterocycles. The summed E-state index contributed by atoms with van der Waals surface area (Å²) >= 11 is 1.36. The zero-order valence-electron chi connectivity index (χ0n) is 16.8. The molecular formula is C23H20N4O3S. The molecule has 0 atom stereocenters. The normalized spacial score (nSPS) is 10.9. The average molecular weight is 433 g/mol. The quantitative estimate of drug-likeness (QED) is 0.308. The van der Waals surface area contributed by atoms with Crippen LogP contribution >= 0.6 is 11.8 Å². The Hall–Kier alpha value is -3.65. The van der Waals surface area contributed by atoms with Crippen LogP contribution in [0.5, 0.6) is 0 Å². The topological polar surface area (TPSA) is 90.1 Å². The van der Waals surface area contributed by atoms with Gasteiger partial charge in [0.1, 0.15) is 0 Å². The third-order valence-electron chi connectivity index (χ3n) is 4.81. The fourth-order valence-corrected chi connectivity index (χ4v) is 4.39. The van der Waals surface area contributed by atoms with E-state index in [0.717, 1.165) is 21.4 Å². The lowest BCUT2D eigenvalue weighted by Crippen LogP contribution is -2.09. The number of nitrogens with zero attached hydrogens (tertiary/aromatic N) is 3. The molecule has 0 fully saturated rings. The van der Waals surface area contributed by atoms with Crippen LogP contribution in [-0.4, -0.2) is 20.4 Å². The van der Waals surface area contributed by atoms with Crippen LogP contribution in [0.4, 0.5) is 11.4 Å². The first-order chi connectivity index (χ1) is 15.0. The lowest BCUT2D eigenvalue weighted by Gasteiger charge is -2.08. The minimum atomic E-state index is -0.366. The Morgan fingerprint density at radius 1 is 1.16 bits per heavy atom. The van der Waals surface area contributed by atoms with Gasteiger partial charge in [-0.05, 0) is 35.9 Å². The van der Waals surface area contributed by atoms with Crippen molar-refractivity contribution < 1.29 is 9.72 Å². The zero-order chi connectivity index (χ0) is 21.8. The molecule has 4 aromatic rings. The molecule has 1 amide bonds. The first-order valence-corrected chi connectivity index (χ1v) is 10.6. The summed E-state index contributed by atoms with van der Waals surface area (Å²) in [6.45, 7) is 2.40. The van der Waals surface area contributed by atoms with Gasteiger partial charge >= 0.3 is 0 Å². The van der Waals surface area contributed by atoms with E-state index in [-0.39, 0.29) is 16.5 Å². The summed E-state index contributed by atoms with van der Waals surface area (Å²) in [6, 6.07) is 16.3. The van der Waals surface area contributed by atoms with Crippen LogP contribution in [0.15, 0.2) is 83.0 Å². The van der Waals surface area contributed by atoms with Gasteiger partial charge in [0.15, 0.2) is 0 Å². The van der Waals surface area contributed by atoms with Crippen molar-refractivity contribution in [3.63, 3.8) is 0 Å². The Balaban J connectivity index is 1.78. The Morgan fingerprint density at radius 2 is 2.00 bits per heavy atom. The highest BCUT2D eigenvalue weighted by molar-refractivity contribution is 7.99. The third kappa shape index (κ3) is 4.59. The number of nitro benzene ring substituents is 1. The highest BCUT2D eigenvalue weighted by atomic mass is 32.2. The molecule has 31 heavy (non-hydrogen) atoms. The molecule has 0 radical (unpaired) electrons. The molecule has 156 valence electrons. The highest BCUT2D eigenvalue weighted by Gasteiger charge is 2.17. The standard InChI is InChI=1S/C23H20N4O3S/c1-2-23(28)25-17-9-10-18-20(12-17)26(14-16-6-5-11-24-13-16)15-22(18)31-21-8-4-3-7-19(21)27(29)30/h3-13,15H,2,14H2,1H3,(H,25,28). The number of carbonyl (C=O) groups excluding carboxylic acids is 1. The van der Waals surface area contributed by atoms with E-state index < -0.39 is 0 Å². The van der Waals surface area contributed by atoms with E-state index in [1.807, 2.05) is 42.7 Å². The molecule has 2 aromatic heterocycles. The van der Waals surface area contributed by atoms with E-state index in [1.165, 1.54) is 17.8 Å². The number of amides is 1. The summed E-state index contributed by atoms with van der Waals surface area (Å²) in [5, 5.41) is 15.3. The minimum absolute atomic E-state index is 0.0563.